The number of nitrogens with zero attached hydrogens (tertiary/aromatic N) is 1. The van der Waals surface area contributed by atoms with E-state index in [2.05, 4.69) is 4.98 Å². The summed E-state index contributed by atoms with van der Waals surface area (Å²) in [7, 11) is 0. The molecule has 0 radical (unpaired) electrons. The van der Waals surface area contributed by atoms with Crippen molar-refractivity contribution >= 4 is 34.0 Å². The van der Waals surface area contributed by atoms with Crippen LogP contribution in [0.25, 0.3) is 0 Å². The zero-order chi connectivity index (χ0) is 20.0. The van der Waals surface area contributed by atoms with E-state index in [1.165, 1.54) is 0 Å². The number of aromatic nitrogens is 1. The predicted octanol–water partition coefficient (Wildman–Crippen LogP) is 5.43. The van der Waals surface area contributed by atoms with E-state index in [0.29, 0.717) is 0 Å². The molecule has 0 aliphatic carbocycles. The van der Waals surface area contributed by atoms with Crippen LogP contribution >= 0.6 is 22.9 Å². The summed E-state index contributed by atoms with van der Waals surface area (Å²) < 4.78 is 103. The van der Waals surface area contributed by atoms with Crippen molar-refractivity contribution in [1.82, 2.24) is 4.98 Å². The van der Waals surface area contributed by atoms with Crippen LogP contribution in [0.2, 0.25) is 4.34 Å². The molecule has 3 nitrogen and oxygen atoms in total. The Morgan fingerprint density at radius 2 is 1.73 bits per heavy atom. The summed E-state index contributed by atoms with van der Waals surface area (Å²) >= 11 is 5.36. The van der Waals surface area contributed by atoms with Gasteiger partial charge in [-0.2, -0.15) is 22.0 Å². The highest BCUT2D eigenvalue weighted by Gasteiger charge is 2.61. The number of halogens is 9. The number of carbonyl (C=O) groups is 1. The molecule has 1 heterocycles. The molecule has 0 saturated heterocycles. The van der Waals surface area contributed by atoms with E-state index in [4.69, 9.17) is 11.6 Å². The quantitative estimate of drug-likeness (QED) is 0.527. The average Bonchev–Trinajstić information content (AvgIpc) is 2.88. The molecule has 0 aliphatic rings. The number of hydrogen-bond donors (Lipinski definition) is 1. The standard InChI is InChI=1S/C13H5ClF8N2OS/c1-3-6(16)4(2-5(15)7(3)17)10(25)24-11-23-8(9(14)26-11)12(18,19)13(20,21)22/h2H,1H3,(H,23,24,25). The average molecular weight is 425 g/mol. The molecule has 142 valence electrons. The van der Waals surface area contributed by atoms with Crippen molar-refractivity contribution in [3.63, 3.8) is 0 Å². The first-order valence-corrected chi connectivity index (χ1v) is 7.53. The molecule has 0 spiro atoms. The van der Waals surface area contributed by atoms with E-state index in [1.807, 2.05) is 0 Å². The van der Waals surface area contributed by atoms with E-state index in [1.54, 1.807) is 5.32 Å². The van der Waals surface area contributed by atoms with Crippen molar-refractivity contribution < 1.29 is 39.9 Å². The van der Waals surface area contributed by atoms with Crippen LogP contribution in [-0.2, 0) is 5.92 Å². The predicted molar refractivity (Wildman–Crippen MR) is 76.1 cm³/mol. The highest BCUT2D eigenvalue weighted by atomic mass is 35.5. The first-order chi connectivity index (χ1) is 11.8. The fourth-order valence-corrected chi connectivity index (χ4v) is 2.84. The Bertz CT molecular complexity index is 880. The van der Waals surface area contributed by atoms with E-state index in [-0.39, 0.29) is 17.4 Å². The van der Waals surface area contributed by atoms with Gasteiger partial charge in [-0.3, -0.25) is 10.1 Å². The van der Waals surface area contributed by atoms with Gasteiger partial charge in [0.15, 0.2) is 22.5 Å². The minimum Gasteiger partial charge on any atom is -0.298 e. The van der Waals surface area contributed by atoms with Gasteiger partial charge in [0.25, 0.3) is 5.91 Å². The fraction of sp³-hybridized carbons (Fsp3) is 0.231. The van der Waals surface area contributed by atoms with Crippen molar-refractivity contribution in [2.75, 3.05) is 5.32 Å². The van der Waals surface area contributed by atoms with Crippen molar-refractivity contribution in [3.8, 4) is 0 Å². The maximum absolute atomic E-state index is 13.8. The molecule has 2 aromatic rings. The number of benzene rings is 1. The largest absolute Gasteiger partial charge is 0.459 e. The van der Waals surface area contributed by atoms with Crippen LogP contribution in [0.4, 0.5) is 40.3 Å². The Hall–Kier alpha value is -1.95. The first kappa shape index (κ1) is 20.4. The van der Waals surface area contributed by atoms with Crippen LogP contribution in [0.1, 0.15) is 21.6 Å². The second kappa shape index (κ2) is 6.65. The molecule has 0 atom stereocenters. The Morgan fingerprint density at radius 1 is 1.15 bits per heavy atom. The minimum absolute atomic E-state index is 0.0498. The summed E-state index contributed by atoms with van der Waals surface area (Å²) in [6, 6.07) is 0.202. The lowest BCUT2D eigenvalue weighted by Gasteiger charge is -2.17. The highest BCUT2D eigenvalue weighted by Crippen LogP contribution is 2.47. The third kappa shape index (κ3) is 3.47. The second-order valence-corrected chi connectivity index (χ2v) is 6.43. The van der Waals surface area contributed by atoms with Gasteiger partial charge in [0.2, 0.25) is 0 Å². The zero-order valence-corrected chi connectivity index (χ0v) is 13.8. The second-order valence-electron chi connectivity index (χ2n) is 4.83. The smallest absolute Gasteiger partial charge is 0.298 e. The lowest BCUT2D eigenvalue weighted by Crippen LogP contribution is -2.34. The number of anilines is 1. The highest BCUT2D eigenvalue weighted by molar-refractivity contribution is 7.19. The number of rotatable bonds is 3. The van der Waals surface area contributed by atoms with Gasteiger partial charge in [0, 0.05) is 5.56 Å². The van der Waals surface area contributed by atoms with Gasteiger partial charge in [-0.15, -0.1) is 0 Å². The number of amides is 1. The molecule has 0 aliphatic heterocycles. The molecule has 0 fully saturated rings. The first-order valence-electron chi connectivity index (χ1n) is 6.34. The van der Waals surface area contributed by atoms with Crippen molar-refractivity contribution in [2.24, 2.45) is 0 Å². The summed E-state index contributed by atoms with van der Waals surface area (Å²) in [5.74, 6) is -11.4. The molecule has 13 heteroatoms. The molecule has 1 amide bonds. The Labute approximate surface area is 148 Å². The van der Waals surface area contributed by atoms with Gasteiger partial charge in [-0.1, -0.05) is 22.9 Å². The third-order valence-electron chi connectivity index (χ3n) is 3.08. The van der Waals surface area contributed by atoms with Gasteiger partial charge in [-0.25, -0.2) is 18.2 Å². The van der Waals surface area contributed by atoms with Gasteiger partial charge in [-0.05, 0) is 13.0 Å². The van der Waals surface area contributed by atoms with Crippen LogP contribution in [0.15, 0.2) is 6.07 Å². The van der Waals surface area contributed by atoms with Gasteiger partial charge in [0.1, 0.15) is 10.2 Å². The Balaban J connectivity index is 2.37. The molecule has 0 unspecified atom stereocenters. The van der Waals surface area contributed by atoms with Crippen LogP contribution in [0.3, 0.4) is 0 Å². The summed E-state index contributed by atoms with van der Waals surface area (Å²) in [4.78, 5) is 14.8. The summed E-state index contributed by atoms with van der Waals surface area (Å²) in [6.45, 7) is 0.840. The number of nitrogens with one attached hydrogen (secondary N) is 1. The van der Waals surface area contributed by atoms with Crippen molar-refractivity contribution in [1.29, 1.82) is 0 Å². The monoisotopic (exact) mass is 424 g/mol. The molecule has 26 heavy (non-hydrogen) atoms. The molecule has 0 bridgehead atoms. The molecule has 1 aromatic carbocycles. The fourth-order valence-electron chi connectivity index (χ4n) is 1.74. The molecule has 1 N–H and O–H groups in total. The van der Waals surface area contributed by atoms with Gasteiger partial charge >= 0.3 is 12.1 Å². The normalized spacial score (nSPS) is 12.4. The van der Waals surface area contributed by atoms with Crippen LogP contribution < -0.4 is 5.32 Å². The SMILES string of the molecule is Cc1c(F)c(F)cc(C(=O)Nc2nc(C(F)(F)C(F)(F)F)c(Cl)s2)c1F. The summed E-state index contributed by atoms with van der Waals surface area (Å²) in [5.41, 5.74) is -3.68. The Morgan fingerprint density at radius 3 is 2.27 bits per heavy atom. The molecule has 0 saturated carbocycles. The van der Waals surface area contributed by atoms with E-state index >= 15 is 0 Å². The third-order valence-corrected chi connectivity index (χ3v) is 4.25. The van der Waals surface area contributed by atoms with Crippen molar-refractivity contribution in [2.45, 2.75) is 19.0 Å². The summed E-state index contributed by atoms with van der Waals surface area (Å²) in [5, 5.41) is 0.893. The van der Waals surface area contributed by atoms with E-state index in [9.17, 15) is 39.9 Å². The lowest BCUT2D eigenvalue weighted by molar-refractivity contribution is -0.290. The van der Waals surface area contributed by atoms with Crippen LogP contribution in [0, 0.1) is 24.4 Å². The van der Waals surface area contributed by atoms with Crippen molar-refractivity contribution in [3.05, 3.63) is 44.7 Å². The van der Waals surface area contributed by atoms with E-state index in [0.717, 1.165) is 6.92 Å². The number of thiazole rings is 1. The molecule has 1 aromatic heterocycles. The molecule has 2 rings (SSSR count). The van der Waals surface area contributed by atoms with Crippen LogP contribution in [0.5, 0.6) is 0 Å². The lowest BCUT2D eigenvalue weighted by atomic mass is 10.1. The topological polar surface area (TPSA) is 42.0 Å². The molecular weight excluding hydrogens is 420 g/mol. The number of hydrogen-bond acceptors (Lipinski definition) is 3. The van der Waals surface area contributed by atoms with E-state index < -0.39 is 61.7 Å². The molecular formula is C13H5ClF8N2OS. The summed E-state index contributed by atoms with van der Waals surface area (Å²) in [6.07, 6.45) is -5.99. The number of alkyl halides is 5. The Kier molecular flexibility index (Phi) is 5.21. The van der Waals surface area contributed by atoms with Gasteiger partial charge < -0.3 is 0 Å². The zero-order valence-electron chi connectivity index (χ0n) is 12.2. The maximum Gasteiger partial charge on any atom is 0.459 e. The van der Waals surface area contributed by atoms with Crippen LogP contribution in [-0.4, -0.2) is 17.1 Å². The maximum atomic E-state index is 13.8. The number of carbonyl (C=O) groups excluding carboxylic acids is 1. The minimum atomic E-state index is -5.99. The van der Waals surface area contributed by atoms with Gasteiger partial charge in [0.05, 0.1) is 5.56 Å².